The number of hydrogen-bond acceptors (Lipinski definition) is 3. The zero-order valence-corrected chi connectivity index (χ0v) is 10.8. The van der Waals surface area contributed by atoms with Gasteiger partial charge in [-0.25, -0.2) is 0 Å². The van der Waals surface area contributed by atoms with Crippen LogP contribution in [0.4, 0.5) is 26.3 Å². The minimum absolute atomic E-state index is 0.0688. The zero-order valence-electron chi connectivity index (χ0n) is 10.8. The van der Waals surface area contributed by atoms with E-state index < -0.39 is 35.9 Å². The first-order valence-electron chi connectivity index (χ1n) is 6.42. The summed E-state index contributed by atoms with van der Waals surface area (Å²) in [5.74, 6) is -0.649. The van der Waals surface area contributed by atoms with Crippen LogP contribution < -0.4 is 0 Å². The first kappa shape index (κ1) is 16.4. The Bertz CT molecular complexity index is 404. The first-order chi connectivity index (χ1) is 9.45. The molecule has 0 aromatic heterocycles. The monoisotopic (exact) mass is 320 g/mol. The van der Waals surface area contributed by atoms with E-state index in [1.54, 1.807) is 0 Å². The number of hydrogen-bond donors (Lipinski definition) is 1. The molecule has 2 aliphatic carbocycles. The predicted molar refractivity (Wildman–Crippen MR) is 57.0 cm³/mol. The fourth-order valence-electron chi connectivity index (χ4n) is 3.69. The van der Waals surface area contributed by atoms with Gasteiger partial charge in [0, 0.05) is 6.42 Å². The van der Waals surface area contributed by atoms with Gasteiger partial charge in [0.05, 0.1) is 0 Å². The van der Waals surface area contributed by atoms with Crippen molar-refractivity contribution in [3.8, 4) is 0 Å². The number of rotatable bonds is 4. The average molecular weight is 320 g/mol. The Hall–Kier alpha value is -0.990. The summed E-state index contributed by atoms with van der Waals surface area (Å²) in [4.78, 5) is 10.6. The topological polar surface area (TPSA) is 46.5 Å². The van der Waals surface area contributed by atoms with Crippen LogP contribution in [-0.4, -0.2) is 35.1 Å². The number of aliphatic hydroxyl groups is 1. The summed E-state index contributed by atoms with van der Waals surface area (Å²) in [6.45, 7) is -0.131. The third-order valence-electron chi connectivity index (χ3n) is 4.70. The van der Waals surface area contributed by atoms with E-state index >= 15 is 0 Å². The predicted octanol–water partition coefficient (Wildman–Crippen LogP) is 2.96. The molecule has 21 heavy (non-hydrogen) atoms. The molecule has 0 aliphatic heterocycles. The van der Waals surface area contributed by atoms with Crippen LogP contribution in [0.5, 0.6) is 0 Å². The van der Waals surface area contributed by atoms with Crippen LogP contribution in [0.2, 0.25) is 0 Å². The molecule has 3 nitrogen and oxygen atoms in total. The van der Waals surface area contributed by atoms with Crippen LogP contribution in [-0.2, 0) is 9.53 Å². The Kier molecular flexibility index (Phi) is 3.71. The standard InChI is InChI=1S/C12H14F6O3/c13-11(14,15)10(20,12(16,17)18)5-9(21-6-19)4-7-1-2-8(9)3-7/h6-8,20H,1-5H2. The Morgan fingerprint density at radius 3 is 2.05 bits per heavy atom. The van der Waals surface area contributed by atoms with Crippen molar-refractivity contribution in [1.82, 2.24) is 0 Å². The van der Waals surface area contributed by atoms with Gasteiger partial charge in [-0.1, -0.05) is 0 Å². The number of alkyl halides is 6. The lowest BCUT2D eigenvalue weighted by atomic mass is 9.75. The largest absolute Gasteiger partial charge is 0.461 e. The van der Waals surface area contributed by atoms with Gasteiger partial charge in [-0.15, -0.1) is 0 Å². The highest BCUT2D eigenvalue weighted by Crippen LogP contribution is 2.58. The second kappa shape index (κ2) is 4.76. The minimum Gasteiger partial charge on any atom is -0.461 e. The quantitative estimate of drug-likeness (QED) is 0.640. The van der Waals surface area contributed by atoms with Crippen LogP contribution in [0.15, 0.2) is 0 Å². The second-order valence-corrected chi connectivity index (χ2v) is 5.89. The zero-order chi connectivity index (χ0) is 16.1. The van der Waals surface area contributed by atoms with Crippen molar-refractivity contribution in [2.75, 3.05) is 0 Å². The molecule has 0 amide bonds. The molecule has 0 heterocycles. The number of halogens is 6. The summed E-state index contributed by atoms with van der Waals surface area (Å²) in [6, 6.07) is 0. The van der Waals surface area contributed by atoms with Crippen molar-refractivity contribution in [3.05, 3.63) is 0 Å². The molecule has 0 aromatic carbocycles. The van der Waals surface area contributed by atoms with Crippen molar-refractivity contribution in [1.29, 1.82) is 0 Å². The third kappa shape index (κ3) is 2.49. The molecule has 2 fully saturated rings. The first-order valence-corrected chi connectivity index (χ1v) is 6.42. The van der Waals surface area contributed by atoms with Gasteiger partial charge < -0.3 is 9.84 Å². The Morgan fingerprint density at radius 2 is 1.71 bits per heavy atom. The van der Waals surface area contributed by atoms with Gasteiger partial charge in [0.2, 0.25) is 0 Å². The van der Waals surface area contributed by atoms with E-state index in [9.17, 15) is 36.2 Å². The summed E-state index contributed by atoms with van der Waals surface area (Å²) < 4.78 is 81.4. The van der Waals surface area contributed by atoms with Gasteiger partial charge in [0.1, 0.15) is 5.60 Å². The molecule has 122 valence electrons. The highest BCUT2D eigenvalue weighted by atomic mass is 19.4. The molecule has 1 N–H and O–H groups in total. The number of ether oxygens (including phenoxy) is 1. The molecule has 0 radical (unpaired) electrons. The lowest BCUT2D eigenvalue weighted by Crippen LogP contribution is -2.61. The Labute approximate surface area is 116 Å². The molecular formula is C12H14F6O3. The SMILES string of the molecule is O=COC1(CC(O)(C(F)(F)F)C(F)(F)F)CC2CCC1C2. The van der Waals surface area contributed by atoms with Gasteiger partial charge in [-0.3, -0.25) is 4.79 Å². The fraction of sp³-hybridized carbons (Fsp3) is 0.917. The maximum atomic E-state index is 12.8. The summed E-state index contributed by atoms with van der Waals surface area (Å²) in [6.07, 6.45) is -12.1. The van der Waals surface area contributed by atoms with Crippen molar-refractivity contribution >= 4 is 6.47 Å². The summed E-state index contributed by atoms with van der Waals surface area (Å²) in [7, 11) is 0. The van der Waals surface area contributed by atoms with Crippen LogP contribution in [0.25, 0.3) is 0 Å². The molecule has 2 bridgehead atoms. The van der Waals surface area contributed by atoms with Crippen molar-refractivity contribution in [3.63, 3.8) is 0 Å². The molecule has 0 aromatic rings. The van der Waals surface area contributed by atoms with E-state index in [1.807, 2.05) is 0 Å². The smallest absolute Gasteiger partial charge is 0.426 e. The summed E-state index contributed by atoms with van der Waals surface area (Å²) in [5, 5.41) is 9.32. The summed E-state index contributed by atoms with van der Waals surface area (Å²) >= 11 is 0. The maximum absolute atomic E-state index is 12.8. The Balaban J connectivity index is 2.36. The number of fused-ring (bicyclic) bond motifs is 2. The number of carbonyl (C=O) groups is 1. The van der Waals surface area contributed by atoms with Crippen LogP contribution >= 0.6 is 0 Å². The molecule has 0 saturated heterocycles. The van der Waals surface area contributed by atoms with Gasteiger partial charge >= 0.3 is 12.4 Å². The number of carbonyl (C=O) groups excluding carboxylic acids is 1. The molecular weight excluding hydrogens is 306 g/mol. The molecule has 3 unspecified atom stereocenters. The molecule has 3 atom stereocenters. The van der Waals surface area contributed by atoms with E-state index in [-0.39, 0.29) is 18.8 Å². The second-order valence-electron chi connectivity index (χ2n) is 5.89. The van der Waals surface area contributed by atoms with Crippen LogP contribution in [0.1, 0.15) is 32.1 Å². The average Bonchev–Trinajstić information content (AvgIpc) is 2.86. The molecule has 2 rings (SSSR count). The van der Waals surface area contributed by atoms with Gasteiger partial charge in [-0.05, 0) is 37.5 Å². The lowest BCUT2D eigenvalue weighted by molar-refractivity contribution is -0.379. The molecule has 0 spiro atoms. The lowest BCUT2D eigenvalue weighted by Gasteiger charge is -2.43. The van der Waals surface area contributed by atoms with Crippen LogP contribution in [0.3, 0.4) is 0 Å². The van der Waals surface area contributed by atoms with Crippen molar-refractivity contribution in [2.24, 2.45) is 11.8 Å². The van der Waals surface area contributed by atoms with E-state index in [2.05, 4.69) is 4.74 Å². The van der Waals surface area contributed by atoms with Crippen molar-refractivity contribution < 1.29 is 41.0 Å². The highest BCUT2D eigenvalue weighted by Gasteiger charge is 2.74. The van der Waals surface area contributed by atoms with E-state index in [1.165, 1.54) is 0 Å². The normalized spacial score (nSPS) is 33.3. The van der Waals surface area contributed by atoms with Gasteiger partial charge in [0.15, 0.2) is 0 Å². The summed E-state index contributed by atoms with van der Waals surface area (Å²) in [5.41, 5.74) is -6.78. The Morgan fingerprint density at radius 1 is 1.14 bits per heavy atom. The third-order valence-corrected chi connectivity index (χ3v) is 4.70. The van der Waals surface area contributed by atoms with Crippen molar-refractivity contribution in [2.45, 2.75) is 55.7 Å². The molecule has 2 aliphatic rings. The van der Waals surface area contributed by atoms with E-state index in [0.717, 1.165) is 0 Å². The van der Waals surface area contributed by atoms with Crippen LogP contribution in [0, 0.1) is 11.8 Å². The van der Waals surface area contributed by atoms with Gasteiger partial charge in [0.25, 0.3) is 12.1 Å². The van der Waals surface area contributed by atoms with E-state index in [0.29, 0.717) is 19.3 Å². The fourth-order valence-corrected chi connectivity index (χ4v) is 3.69. The van der Waals surface area contributed by atoms with Gasteiger partial charge in [-0.2, -0.15) is 26.3 Å². The maximum Gasteiger partial charge on any atom is 0.426 e. The highest BCUT2D eigenvalue weighted by molar-refractivity contribution is 5.39. The molecule has 9 heteroatoms. The van der Waals surface area contributed by atoms with E-state index in [4.69, 9.17) is 0 Å². The minimum atomic E-state index is -5.90. The molecule has 2 saturated carbocycles.